The first kappa shape index (κ1) is 10.5. The molecule has 1 saturated carbocycles. The van der Waals surface area contributed by atoms with Gasteiger partial charge in [0.15, 0.2) is 0 Å². The van der Waals surface area contributed by atoms with Crippen LogP contribution in [0, 0.1) is 0 Å². The highest BCUT2D eigenvalue weighted by molar-refractivity contribution is 5.40. The van der Waals surface area contributed by atoms with Gasteiger partial charge in [0.1, 0.15) is 0 Å². The van der Waals surface area contributed by atoms with Crippen molar-refractivity contribution in [1.29, 1.82) is 0 Å². The molecule has 3 rings (SSSR count). The molecule has 1 aromatic heterocycles. The van der Waals surface area contributed by atoms with Gasteiger partial charge in [0.2, 0.25) is 0 Å². The van der Waals surface area contributed by atoms with Gasteiger partial charge in [-0.2, -0.15) is 0 Å². The molecule has 0 radical (unpaired) electrons. The van der Waals surface area contributed by atoms with Crippen molar-refractivity contribution in [2.45, 2.75) is 31.2 Å². The Hall–Kier alpha value is -1.61. The molecule has 3 nitrogen and oxygen atoms in total. The molecule has 0 amide bonds. The number of hydrogen-bond acceptors (Lipinski definition) is 2. The molecule has 0 bridgehead atoms. The van der Waals surface area contributed by atoms with Gasteiger partial charge in [-0.25, -0.2) is 4.98 Å². The summed E-state index contributed by atoms with van der Waals surface area (Å²) in [6.07, 6.45) is 7.99. The minimum Gasteiger partial charge on any atom is -0.327 e. The Morgan fingerprint density at radius 3 is 2.47 bits per heavy atom. The third-order valence-electron chi connectivity index (χ3n) is 3.91. The maximum atomic E-state index is 6.08. The van der Waals surface area contributed by atoms with Crippen molar-refractivity contribution in [3.63, 3.8) is 0 Å². The third-order valence-corrected chi connectivity index (χ3v) is 3.91. The second kappa shape index (κ2) is 3.70. The largest absolute Gasteiger partial charge is 0.327 e. The van der Waals surface area contributed by atoms with Crippen LogP contribution in [0.4, 0.5) is 0 Å². The van der Waals surface area contributed by atoms with Gasteiger partial charge in [-0.05, 0) is 37.5 Å². The molecule has 1 aliphatic rings. The maximum Gasteiger partial charge on any atom is 0.0991 e. The molecule has 17 heavy (non-hydrogen) atoms. The molecule has 88 valence electrons. The van der Waals surface area contributed by atoms with Crippen LogP contribution in [0.1, 0.15) is 25.3 Å². The molecule has 2 aromatic rings. The summed E-state index contributed by atoms with van der Waals surface area (Å²) in [5, 5.41) is 0. The van der Waals surface area contributed by atoms with Gasteiger partial charge in [0.05, 0.1) is 6.33 Å². The van der Waals surface area contributed by atoms with E-state index in [1.54, 1.807) is 6.20 Å². The lowest BCUT2D eigenvalue weighted by atomic mass is 9.89. The number of nitrogens with zero attached hydrogens (tertiary/aromatic N) is 2. The highest BCUT2D eigenvalue weighted by Gasteiger charge is 2.47. The zero-order valence-corrected chi connectivity index (χ0v) is 10.0. The van der Waals surface area contributed by atoms with Crippen LogP contribution in [0.25, 0.3) is 5.69 Å². The van der Waals surface area contributed by atoms with Gasteiger partial charge in [-0.3, -0.25) is 0 Å². The number of rotatable bonds is 3. The lowest BCUT2D eigenvalue weighted by molar-refractivity contribution is 0.556. The first-order valence-corrected chi connectivity index (χ1v) is 6.07. The van der Waals surface area contributed by atoms with E-state index in [9.17, 15) is 0 Å². The predicted octanol–water partition coefficient (Wildman–Crippen LogP) is 2.25. The Balaban J connectivity index is 1.91. The first-order valence-electron chi connectivity index (χ1n) is 6.07. The van der Waals surface area contributed by atoms with Crippen molar-refractivity contribution in [3.8, 4) is 5.69 Å². The normalized spacial score (nSPS) is 18.9. The Kier molecular flexibility index (Phi) is 2.30. The summed E-state index contributed by atoms with van der Waals surface area (Å²) in [5.41, 5.74) is 8.84. The quantitative estimate of drug-likeness (QED) is 0.874. The molecule has 0 aliphatic heterocycles. The number of aromatic nitrogens is 2. The van der Waals surface area contributed by atoms with Crippen molar-refractivity contribution in [2.24, 2.45) is 5.73 Å². The van der Waals surface area contributed by atoms with Crippen molar-refractivity contribution in [2.75, 3.05) is 0 Å². The van der Waals surface area contributed by atoms with Gasteiger partial charge in [0, 0.05) is 29.5 Å². The standard InChI is InChI=1S/C14H17N3/c1-11(15)14(6-7-14)12-2-4-13(5-3-12)17-9-8-16-10-17/h2-5,8-11H,6-7,15H2,1H3. The van der Waals surface area contributed by atoms with Crippen molar-refractivity contribution in [1.82, 2.24) is 9.55 Å². The third kappa shape index (κ3) is 1.67. The Labute approximate surface area is 101 Å². The highest BCUT2D eigenvalue weighted by Crippen LogP contribution is 2.50. The summed E-state index contributed by atoms with van der Waals surface area (Å²) in [6, 6.07) is 8.91. The average molecular weight is 227 g/mol. The maximum absolute atomic E-state index is 6.08. The zero-order valence-electron chi connectivity index (χ0n) is 10.0. The average Bonchev–Trinajstić information content (AvgIpc) is 2.98. The van der Waals surface area contributed by atoms with E-state index in [1.165, 1.54) is 18.4 Å². The number of imidazole rings is 1. The molecular weight excluding hydrogens is 210 g/mol. The molecule has 1 fully saturated rings. The van der Waals surface area contributed by atoms with Crippen molar-refractivity contribution in [3.05, 3.63) is 48.5 Å². The second-order valence-electron chi connectivity index (χ2n) is 4.96. The van der Waals surface area contributed by atoms with Gasteiger partial charge < -0.3 is 10.3 Å². The topological polar surface area (TPSA) is 43.8 Å². The number of nitrogens with two attached hydrogens (primary N) is 1. The molecule has 1 unspecified atom stereocenters. The molecule has 1 aromatic carbocycles. The van der Waals surface area contributed by atoms with Crippen LogP contribution in [0.3, 0.4) is 0 Å². The van der Waals surface area contributed by atoms with E-state index in [-0.39, 0.29) is 11.5 Å². The molecule has 1 atom stereocenters. The molecular formula is C14H17N3. The second-order valence-corrected chi connectivity index (χ2v) is 4.96. The van der Waals surface area contributed by atoms with Gasteiger partial charge in [0.25, 0.3) is 0 Å². The van der Waals surface area contributed by atoms with Gasteiger partial charge in [-0.1, -0.05) is 12.1 Å². The minimum atomic E-state index is 0.238. The highest BCUT2D eigenvalue weighted by atomic mass is 15.0. The molecule has 1 aliphatic carbocycles. The lowest BCUT2D eigenvalue weighted by Crippen LogP contribution is -2.31. The van der Waals surface area contributed by atoms with Crippen molar-refractivity contribution < 1.29 is 0 Å². The Morgan fingerprint density at radius 1 is 1.29 bits per heavy atom. The number of benzene rings is 1. The zero-order chi connectivity index (χ0) is 11.9. The fourth-order valence-electron chi connectivity index (χ4n) is 2.52. The van der Waals surface area contributed by atoms with Crippen LogP contribution in [-0.2, 0) is 5.41 Å². The lowest BCUT2D eigenvalue weighted by Gasteiger charge is -2.20. The molecule has 2 N–H and O–H groups in total. The fraction of sp³-hybridized carbons (Fsp3) is 0.357. The van der Waals surface area contributed by atoms with Crippen LogP contribution in [0.5, 0.6) is 0 Å². The summed E-state index contributed by atoms with van der Waals surface area (Å²) in [7, 11) is 0. The van der Waals surface area contributed by atoms with E-state index in [2.05, 4.69) is 36.2 Å². The van der Waals surface area contributed by atoms with E-state index < -0.39 is 0 Å². The van der Waals surface area contributed by atoms with Gasteiger partial charge in [-0.15, -0.1) is 0 Å². The summed E-state index contributed by atoms with van der Waals surface area (Å²) in [4.78, 5) is 4.05. The van der Waals surface area contributed by atoms with E-state index in [0.717, 1.165) is 5.69 Å². The SMILES string of the molecule is CC(N)C1(c2ccc(-n3ccnc3)cc2)CC1. The van der Waals surface area contributed by atoms with E-state index in [1.807, 2.05) is 17.1 Å². The predicted molar refractivity (Wildman–Crippen MR) is 68.1 cm³/mol. The Morgan fingerprint density at radius 2 is 2.00 bits per heavy atom. The van der Waals surface area contributed by atoms with Crippen LogP contribution in [0.15, 0.2) is 43.0 Å². The van der Waals surface area contributed by atoms with Gasteiger partial charge >= 0.3 is 0 Å². The summed E-state index contributed by atoms with van der Waals surface area (Å²) >= 11 is 0. The number of hydrogen-bond donors (Lipinski definition) is 1. The van der Waals surface area contributed by atoms with Crippen molar-refractivity contribution >= 4 is 0 Å². The van der Waals surface area contributed by atoms with Crippen LogP contribution >= 0.6 is 0 Å². The van der Waals surface area contributed by atoms with E-state index in [4.69, 9.17) is 5.73 Å². The fourth-order valence-corrected chi connectivity index (χ4v) is 2.52. The summed E-state index contributed by atoms with van der Waals surface area (Å²) < 4.78 is 2.01. The monoisotopic (exact) mass is 227 g/mol. The summed E-state index contributed by atoms with van der Waals surface area (Å²) in [5.74, 6) is 0. The molecule has 1 heterocycles. The van der Waals surface area contributed by atoms with Crippen LogP contribution < -0.4 is 5.73 Å². The summed E-state index contributed by atoms with van der Waals surface area (Å²) in [6.45, 7) is 2.11. The minimum absolute atomic E-state index is 0.238. The smallest absolute Gasteiger partial charge is 0.0991 e. The first-order chi connectivity index (χ1) is 8.22. The molecule has 0 spiro atoms. The van der Waals surface area contributed by atoms with Crippen LogP contribution in [0.2, 0.25) is 0 Å². The van der Waals surface area contributed by atoms with E-state index in [0.29, 0.717) is 0 Å². The molecule has 3 heteroatoms. The molecule has 0 saturated heterocycles. The van der Waals surface area contributed by atoms with Crippen LogP contribution in [-0.4, -0.2) is 15.6 Å². The Bertz CT molecular complexity index is 493. The van der Waals surface area contributed by atoms with E-state index >= 15 is 0 Å².